The van der Waals surface area contributed by atoms with Gasteiger partial charge in [-0.05, 0) is 36.4 Å². The number of rotatable bonds is 7. The SMILES string of the molecule is CCN(CC)S(=O)(=O)c1cccc(NC(=O)c2cccc(N3C(=O)CCC3=O)c2)c1. The van der Waals surface area contributed by atoms with Crippen molar-refractivity contribution in [3.05, 3.63) is 54.1 Å². The van der Waals surface area contributed by atoms with Gasteiger partial charge >= 0.3 is 0 Å². The summed E-state index contributed by atoms with van der Waals surface area (Å²) >= 11 is 0. The van der Waals surface area contributed by atoms with Crippen LogP contribution < -0.4 is 10.2 Å². The predicted octanol–water partition coefficient (Wildman–Crippen LogP) is 2.62. The second kappa shape index (κ2) is 8.76. The van der Waals surface area contributed by atoms with Crippen molar-refractivity contribution < 1.29 is 22.8 Å². The molecular weight excluding hydrogens is 406 g/mol. The van der Waals surface area contributed by atoms with Crippen molar-refractivity contribution in [1.29, 1.82) is 0 Å². The van der Waals surface area contributed by atoms with Crippen molar-refractivity contribution in [2.24, 2.45) is 0 Å². The molecular formula is C21H23N3O5S. The molecule has 1 N–H and O–H groups in total. The number of carbonyl (C=O) groups is 3. The van der Waals surface area contributed by atoms with Gasteiger partial charge in [0.25, 0.3) is 5.91 Å². The van der Waals surface area contributed by atoms with E-state index in [4.69, 9.17) is 0 Å². The van der Waals surface area contributed by atoms with E-state index in [0.717, 1.165) is 4.90 Å². The minimum atomic E-state index is -3.65. The lowest BCUT2D eigenvalue weighted by Crippen LogP contribution is -2.30. The molecule has 8 nitrogen and oxygen atoms in total. The number of amides is 3. The van der Waals surface area contributed by atoms with Crippen LogP contribution in [0.5, 0.6) is 0 Å². The van der Waals surface area contributed by atoms with E-state index >= 15 is 0 Å². The molecule has 1 heterocycles. The molecule has 2 aromatic rings. The van der Waals surface area contributed by atoms with E-state index < -0.39 is 15.9 Å². The van der Waals surface area contributed by atoms with Crippen LogP contribution in [0.4, 0.5) is 11.4 Å². The molecule has 1 aliphatic heterocycles. The highest BCUT2D eigenvalue weighted by molar-refractivity contribution is 7.89. The predicted molar refractivity (Wildman–Crippen MR) is 113 cm³/mol. The summed E-state index contributed by atoms with van der Waals surface area (Å²) in [6, 6.07) is 12.2. The Labute approximate surface area is 175 Å². The smallest absolute Gasteiger partial charge is 0.255 e. The van der Waals surface area contributed by atoms with Gasteiger partial charge in [0.05, 0.1) is 10.6 Å². The fourth-order valence-corrected chi connectivity index (χ4v) is 4.81. The highest BCUT2D eigenvalue weighted by Crippen LogP contribution is 2.24. The highest BCUT2D eigenvalue weighted by Gasteiger charge is 2.30. The van der Waals surface area contributed by atoms with Crippen molar-refractivity contribution in [3.63, 3.8) is 0 Å². The third-order valence-corrected chi connectivity index (χ3v) is 6.90. The van der Waals surface area contributed by atoms with Crippen molar-refractivity contribution >= 4 is 39.1 Å². The zero-order valence-electron chi connectivity index (χ0n) is 16.8. The van der Waals surface area contributed by atoms with Crippen LogP contribution in [0.25, 0.3) is 0 Å². The molecule has 0 radical (unpaired) electrons. The molecule has 0 unspecified atom stereocenters. The lowest BCUT2D eigenvalue weighted by atomic mass is 10.1. The number of anilines is 2. The summed E-state index contributed by atoms with van der Waals surface area (Å²) in [6.07, 6.45) is 0.312. The summed E-state index contributed by atoms with van der Waals surface area (Å²) in [6.45, 7) is 4.21. The second-order valence-electron chi connectivity index (χ2n) is 6.74. The van der Waals surface area contributed by atoms with Gasteiger partial charge in [0, 0.05) is 37.2 Å². The lowest BCUT2D eigenvalue weighted by molar-refractivity contribution is -0.121. The number of sulfonamides is 1. The van der Waals surface area contributed by atoms with Gasteiger partial charge in [-0.15, -0.1) is 0 Å². The fourth-order valence-electron chi connectivity index (χ4n) is 3.30. The van der Waals surface area contributed by atoms with Gasteiger partial charge in [0.15, 0.2) is 0 Å². The van der Waals surface area contributed by atoms with Crippen LogP contribution in [0.1, 0.15) is 37.0 Å². The Kier molecular flexibility index (Phi) is 6.33. The van der Waals surface area contributed by atoms with Gasteiger partial charge in [0.1, 0.15) is 0 Å². The summed E-state index contributed by atoms with van der Waals surface area (Å²) in [7, 11) is -3.65. The minimum Gasteiger partial charge on any atom is -0.322 e. The largest absolute Gasteiger partial charge is 0.322 e. The quantitative estimate of drug-likeness (QED) is 0.682. The van der Waals surface area contributed by atoms with Crippen molar-refractivity contribution in [1.82, 2.24) is 4.31 Å². The van der Waals surface area contributed by atoms with Crippen LogP contribution in [-0.2, 0) is 19.6 Å². The molecule has 1 aliphatic rings. The Morgan fingerprint density at radius 3 is 2.27 bits per heavy atom. The summed E-state index contributed by atoms with van der Waals surface area (Å²) in [4.78, 5) is 37.7. The minimum absolute atomic E-state index is 0.0889. The van der Waals surface area contributed by atoms with Gasteiger partial charge < -0.3 is 5.32 Å². The maximum absolute atomic E-state index is 12.7. The number of hydrogen-bond acceptors (Lipinski definition) is 5. The van der Waals surface area contributed by atoms with E-state index in [0.29, 0.717) is 24.5 Å². The molecule has 9 heteroatoms. The van der Waals surface area contributed by atoms with Crippen LogP contribution in [0.3, 0.4) is 0 Å². The van der Waals surface area contributed by atoms with Crippen LogP contribution in [-0.4, -0.2) is 43.5 Å². The third-order valence-electron chi connectivity index (χ3n) is 4.85. The Morgan fingerprint density at radius 2 is 1.63 bits per heavy atom. The molecule has 0 spiro atoms. The van der Waals surface area contributed by atoms with Crippen LogP contribution >= 0.6 is 0 Å². The summed E-state index contributed by atoms with van der Waals surface area (Å²) in [5.41, 5.74) is 0.914. The molecule has 0 aromatic heterocycles. The molecule has 3 rings (SSSR count). The zero-order valence-corrected chi connectivity index (χ0v) is 17.6. The first kappa shape index (κ1) is 21.7. The van der Waals surface area contributed by atoms with E-state index in [1.807, 2.05) is 0 Å². The maximum atomic E-state index is 12.7. The molecule has 1 saturated heterocycles. The summed E-state index contributed by atoms with van der Waals surface area (Å²) in [5, 5.41) is 2.68. The molecule has 3 amide bonds. The van der Waals surface area contributed by atoms with Crippen LogP contribution in [0, 0.1) is 0 Å². The van der Waals surface area contributed by atoms with E-state index in [1.54, 1.807) is 44.2 Å². The van der Waals surface area contributed by atoms with Gasteiger partial charge in [-0.25, -0.2) is 8.42 Å². The second-order valence-corrected chi connectivity index (χ2v) is 8.68. The zero-order chi connectivity index (χ0) is 21.9. The number of nitrogens with one attached hydrogen (secondary N) is 1. The van der Waals surface area contributed by atoms with Gasteiger partial charge in [-0.1, -0.05) is 26.0 Å². The number of imide groups is 1. The first-order chi connectivity index (χ1) is 14.3. The van der Waals surface area contributed by atoms with Gasteiger partial charge in [-0.3, -0.25) is 19.3 Å². The van der Waals surface area contributed by atoms with Gasteiger partial charge in [-0.2, -0.15) is 4.31 Å². The number of nitrogens with zero attached hydrogens (tertiary/aromatic N) is 2. The van der Waals surface area contributed by atoms with Crippen molar-refractivity contribution in [2.75, 3.05) is 23.3 Å². The first-order valence-electron chi connectivity index (χ1n) is 9.65. The average Bonchev–Trinajstić information content (AvgIpc) is 3.07. The Balaban J connectivity index is 1.83. The van der Waals surface area contributed by atoms with Crippen molar-refractivity contribution in [3.8, 4) is 0 Å². The molecule has 158 valence electrons. The fraction of sp³-hybridized carbons (Fsp3) is 0.286. The number of hydrogen-bond donors (Lipinski definition) is 1. The lowest BCUT2D eigenvalue weighted by Gasteiger charge is -2.19. The normalized spacial score (nSPS) is 14.4. The number of benzene rings is 2. The third kappa shape index (κ3) is 4.27. The average molecular weight is 429 g/mol. The van der Waals surface area contributed by atoms with E-state index in [1.165, 1.54) is 22.5 Å². The highest BCUT2D eigenvalue weighted by atomic mass is 32.2. The molecule has 0 saturated carbocycles. The summed E-state index contributed by atoms with van der Waals surface area (Å²) in [5.74, 6) is -1.08. The van der Waals surface area contributed by atoms with E-state index in [-0.39, 0.29) is 35.1 Å². The van der Waals surface area contributed by atoms with E-state index in [9.17, 15) is 22.8 Å². The molecule has 1 fully saturated rings. The molecule has 2 aromatic carbocycles. The number of carbonyl (C=O) groups excluding carboxylic acids is 3. The van der Waals surface area contributed by atoms with Crippen molar-refractivity contribution in [2.45, 2.75) is 31.6 Å². The Bertz CT molecular complexity index is 1080. The maximum Gasteiger partial charge on any atom is 0.255 e. The topological polar surface area (TPSA) is 104 Å². The van der Waals surface area contributed by atoms with Gasteiger partial charge in [0.2, 0.25) is 21.8 Å². The van der Waals surface area contributed by atoms with E-state index in [2.05, 4.69) is 5.32 Å². The van der Waals surface area contributed by atoms with Crippen LogP contribution in [0.15, 0.2) is 53.4 Å². The van der Waals surface area contributed by atoms with Crippen LogP contribution in [0.2, 0.25) is 0 Å². The Hall–Kier alpha value is -3.04. The summed E-state index contributed by atoms with van der Waals surface area (Å²) < 4.78 is 26.7. The molecule has 0 aliphatic carbocycles. The standard InChI is InChI=1S/C21H23N3O5S/c1-3-23(4-2)30(28,29)18-10-6-8-16(14-18)22-21(27)15-7-5-9-17(13-15)24-19(25)11-12-20(24)26/h5-10,13-14H,3-4,11-12H2,1-2H3,(H,22,27). The molecule has 0 bridgehead atoms. The Morgan fingerprint density at radius 1 is 1.00 bits per heavy atom. The first-order valence-corrected chi connectivity index (χ1v) is 11.1. The molecule has 30 heavy (non-hydrogen) atoms. The molecule has 0 atom stereocenters. The monoisotopic (exact) mass is 429 g/mol.